The van der Waals surface area contributed by atoms with E-state index in [9.17, 15) is 0 Å². The van der Waals surface area contributed by atoms with E-state index in [1.54, 1.807) is 22.7 Å². The Kier molecular flexibility index (Phi) is 8.71. The molecule has 3 aromatic heterocycles. The van der Waals surface area contributed by atoms with Crippen molar-refractivity contribution in [3.63, 3.8) is 0 Å². The van der Waals surface area contributed by atoms with Gasteiger partial charge in [0.25, 0.3) is 0 Å². The van der Waals surface area contributed by atoms with Crippen molar-refractivity contribution in [2.75, 3.05) is 0 Å². The summed E-state index contributed by atoms with van der Waals surface area (Å²) < 4.78 is 2.11. The topological polar surface area (TPSA) is 47.6 Å². The van der Waals surface area contributed by atoms with E-state index in [0.29, 0.717) is 0 Å². The molecule has 2 nitrogen and oxygen atoms in total. The van der Waals surface area contributed by atoms with Gasteiger partial charge in [0, 0.05) is 43.0 Å². The quantitative estimate of drug-likeness (QED) is 0.217. The van der Waals surface area contributed by atoms with Crippen molar-refractivity contribution in [2.24, 2.45) is 0 Å². The normalized spacial score (nSPS) is 10.8. The summed E-state index contributed by atoms with van der Waals surface area (Å²) in [5, 5.41) is 22.4. The average molecular weight is 475 g/mol. The van der Waals surface area contributed by atoms with Crippen LogP contribution in [-0.4, -0.2) is 0 Å². The Hall–Kier alpha value is -1.22. The first-order valence-corrected chi connectivity index (χ1v) is 13.8. The minimum atomic E-state index is 1.05. The van der Waals surface area contributed by atoms with Gasteiger partial charge in [-0.2, -0.15) is 10.5 Å². The third-order valence-corrected chi connectivity index (χ3v) is 9.83. The molecule has 0 fully saturated rings. The molecule has 0 bridgehead atoms. The highest BCUT2D eigenvalue weighted by molar-refractivity contribution is 8.05. The predicted molar refractivity (Wildman–Crippen MR) is 131 cm³/mol. The molecular weight excluding hydrogens is 453 g/mol. The van der Waals surface area contributed by atoms with Crippen LogP contribution >= 0.6 is 57.5 Å². The number of rotatable bonds is 10. The van der Waals surface area contributed by atoms with Crippen molar-refractivity contribution >= 4 is 57.5 Å². The smallest absolute Gasteiger partial charge is 0.139 e. The Morgan fingerprint density at radius 2 is 1.17 bits per heavy atom. The van der Waals surface area contributed by atoms with Crippen molar-refractivity contribution in [3.05, 3.63) is 35.4 Å². The fourth-order valence-electron chi connectivity index (χ4n) is 3.22. The zero-order valence-electron chi connectivity index (χ0n) is 16.5. The van der Waals surface area contributed by atoms with E-state index >= 15 is 0 Å². The molecule has 0 saturated carbocycles. The number of unbranched alkanes of at least 4 members (excludes halogenated alkanes) is 2. The molecule has 3 heterocycles. The van der Waals surface area contributed by atoms with Crippen LogP contribution in [0.4, 0.5) is 0 Å². The average Bonchev–Trinajstić information content (AvgIpc) is 3.44. The van der Waals surface area contributed by atoms with Gasteiger partial charge < -0.3 is 0 Å². The molecule has 0 amide bonds. The van der Waals surface area contributed by atoms with Crippen molar-refractivity contribution in [2.45, 2.75) is 60.8 Å². The van der Waals surface area contributed by atoms with Gasteiger partial charge >= 0.3 is 0 Å². The van der Waals surface area contributed by atoms with Crippen molar-refractivity contribution < 1.29 is 0 Å². The fourth-order valence-corrected chi connectivity index (χ4v) is 7.91. The second-order valence-electron chi connectivity index (χ2n) is 6.55. The molecule has 0 aliphatic carbocycles. The zero-order chi connectivity index (χ0) is 20.6. The van der Waals surface area contributed by atoms with Gasteiger partial charge in [-0.05, 0) is 61.1 Å². The molecule has 0 spiro atoms. The number of thioether (sulfide) groups is 2. The number of hydrogen-bond donors (Lipinski definition) is 0. The van der Waals surface area contributed by atoms with Gasteiger partial charge in [-0.3, -0.25) is 0 Å². The molecule has 0 aromatic carbocycles. The third-order valence-electron chi connectivity index (χ3n) is 4.58. The lowest BCUT2D eigenvalue weighted by Gasteiger charge is -2.08. The minimum Gasteiger partial charge on any atom is -0.185 e. The lowest BCUT2D eigenvalue weighted by atomic mass is 9.97. The number of thiocyanates is 2. The van der Waals surface area contributed by atoms with Crippen molar-refractivity contribution in [1.82, 2.24) is 0 Å². The molecule has 0 saturated heterocycles. The highest BCUT2D eigenvalue weighted by Crippen LogP contribution is 2.48. The van der Waals surface area contributed by atoms with Crippen LogP contribution in [0.25, 0.3) is 19.5 Å². The summed E-state index contributed by atoms with van der Waals surface area (Å²) in [5.74, 6) is 0. The van der Waals surface area contributed by atoms with Crippen molar-refractivity contribution in [3.8, 4) is 30.3 Å². The van der Waals surface area contributed by atoms with Crippen LogP contribution in [0.5, 0.6) is 0 Å². The maximum absolute atomic E-state index is 9.01. The molecule has 29 heavy (non-hydrogen) atoms. The molecule has 3 rings (SSSR count). The van der Waals surface area contributed by atoms with Crippen LogP contribution in [-0.2, 0) is 12.8 Å². The number of nitrogens with zero attached hydrogens (tertiary/aromatic N) is 2. The molecule has 3 aromatic rings. The number of thiophene rings is 3. The van der Waals surface area contributed by atoms with Crippen LogP contribution in [0.15, 0.2) is 32.7 Å². The monoisotopic (exact) mass is 474 g/mol. The summed E-state index contributed by atoms with van der Waals surface area (Å²) >= 11 is 7.82. The Labute approximate surface area is 193 Å². The van der Waals surface area contributed by atoms with Crippen molar-refractivity contribution in [1.29, 1.82) is 10.5 Å². The first-order chi connectivity index (χ1) is 14.2. The maximum atomic E-state index is 9.01. The number of nitriles is 2. The largest absolute Gasteiger partial charge is 0.185 e. The number of hydrogen-bond acceptors (Lipinski definition) is 7. The first kappa shape index (κ1) is 22.5. The standard InChI is InChI=1S/C22H22N2S5/c1-3-5-7-15-16(8-6-4-2)22(18-10-12-20(28-18)26-14-24)29-21(15)17-9-11-19(27-17)25-13-23/h9-12H,3-8H2,1-2H3. The first-order valence-electron chi connectivity index (χ1n) is 9.68. The summed E-state index contributed by atoms with van der Waals surface area (Å²) in [5.41, 5.74) is 3.00. The Morgan fingerprint density at radius 3 is 1.55 bits per heavy atom. The van der Waals surface area contributed by atoms with Crippen LogP contribution in [0.3, 0.4) is 0 Å². The van der Waals surface area contributed by atoms with E-state index in [0.717, 1.165) is 21.3 Å². The van der Waals surface area contributed by atoms with Gasteiger partial charge in [0.1, 0.15) is 10.8 Å². The molecule has 0 aliphatic heterocycles. The molecule has 0 atom stereocenters. The summed E-state index contributed by atoms with van der Waals surface area (Å²) in [7, 11) is 0. The minimum absolute atomic E-state index is 1.05. The summed E-state index contributed by atoms with van der Waals surface area (Å²) in [6.07, 6.45) is 6.94. The van der Waals surface area contributed by atoms with E-state index in [-0.39, 0.29) is 0 Å². The summed E-state index contributed by atoms with van der Waals surface area (Å²) in [6, 6.07) is 8.47. The van der Waals surface area contributed by atoms with E-state index in [2.05, 4.69) is 48.9 Å². The Balaban J connectivity index is 2.11. The molecule has 0 N–H and O–H groups in total. The van der Waals surface area contributed by atoms with E-state index in [1.807, 2.05) is 11.3 Å². The van der Waals surface area contributed by atoms with Gasteiger partial charge in [0.2, 0.25) is 0 Å². The fraction of sp³-hybridized carbons (Fsp3) is 0.364. The lowest BCUT2D eigenvalue weighted by molar-refractivity contribution is 0.764. The van der Waals surface area contributed by atoms with Gasteiger partial charge in [-0.15, -0.1) is 34.0 Å². The highest BCUT2D eigenvalue weighted by Gasteiger charge is 2.22. The summed E-state index contributed by atoms with van der Waals surface area (Å²) in [6.45, 7) is 4.49. The van der Waals surface area contributed by atoms with Crippen LogP contribution in [0.2, 0.25) is 0 Å². The van der Waals surface area contributed by atoms with Gasteiger partial charge in [-0.1, -0.05) is 26.7 Å². The maximum Gasteiger partial charge on any atom is 0.139 e. The summed E-state index contributed by atoms with van der Waals surface area (Å²) in [4.78, 5) is 5.28. The van der Waals surface area contributed by atoms with Gasteiger partial charge in [0.05, 0.1) is 8.42 Å². The van der Waals surface area contributed by atoms with Gasteiger partial charge in [-0.25, -0.2) is 0 Å². The SMILES string of the molecule is CCCCc1c(-c2ccc(SC#N)s2)sc(-c2ccc(SC#N)s2)c1CCCC. The van der Waals surface area contributed by atoms with Crippen LogP contribution in [0, 0.1) is 21.3 Å². The van der Waals surface area contributed by atoms with E-state index < -0.39 is 0 Å². The molecule has 0 aliphatic rings. The molecule has 150 valence electrons. The van der Waals surface area contributed by atoms with E-state index in [1.165, 1.54) is 79.8 Å². The Bertz CT molecular complexity index is 948. The molecule has 0 radical (unpaired) electrons. The molecular formula is C22H22N2S5. The van der Waals surface area contributed by atoms with E-state index in [4.69, 9.17) is 10.5 Å². The predicted octanol–water partition coefficient (Wildman–Crippen LogP) is 9.04. The third kappa shape index (κ3) is 5.48. The van der Waals surface area contributed by atoms with Crippen LogP contribution in [0.1, 0.15) is 50.7 Å². The second-order valence-corrected chi connectivity index (χ2v) is 11.9. The zero-order valence-corrected chi connectivity index (χ0v) is 20.6. The Morgan fingerprint density at radius 1 is 0.724 bits per heavy atom. The lowest BCUT2D eigenvalue weighted by Crippen LogP contribution is -1.94. The van der Waals surface area contributed by atoms with Gasteiger partial charge in [0.15, 0.2) is 0 Å². The van der Waals surface area contributed by atoms with Crippen LogP contribution < -0.4 is 0 Å². The second kappa shape index (κ2) is 11.2. The highest BCUT2D eigenvalue weighted by atomic mass is 32.2. The molecule has 7 heteroatoms. The molecule has 0 unspecified atom stereocenters.